The topological polar surface area (TPSA) is 49.9 Å². The predicted molar refractivity (Wildman–Crippen MR) is 66.8 cm³/mol. The van der Waals surface area contributed by atoms with Crippen LogP contribution >= 0.6 is 0 Å². The van der Waals surface area contributed by atoms with Gasteiger partial charge >= 0.3 is 0 Å². The summed E-state index contributed by atoms with van der Waals surface area (Å²) in [7, 11) is 0. The normalized spacial score (nSPS) is 10.3. The minimum absolute atomic E-state index is 0.493. The van der Waals surface area contributed by atoms with Gasteiger partial charge in [0.2, 0.25) is 0 Å². The fraction of sp³-hybridized carbons (Fsp3) is 0.143. The van der Waals surface area contributed by atoms with Crippen molar-refractivity contribution in [2.75, 3.05) is 0 Å². The highest BCUT2D eigenvalue weighted by atomic mass is 19.1. The summed E-state index contributed by atoms with van der Waals surface area (Å²) in [5.41, 5.74) is 1.77. The van der Waals surface area contributed by atoms with Gasteiger partial charge < -0.3 is 9.78 Å². The second kappa shape index (κ2) is 5.40. The van der Waals surface area contributed by atoms with Crippen molar-refractivity contribution >= 4 is 6.29 Å². The molecule has 0 radical (unpaired) electrons. The number of rotatable bonds is 4. The zero-order valence-electron chi connectivity index (χ0n) is 9.65. The lowest BCUT2D eigenvalue weighted by molar-refractivity contribution is -0.107. The van der Waals surface area contributed by atoms with Gasteiger partial charge in [-0.15, -0.1) is 0 Å². The average Bonchev–Trinajstić information content (AvgIpc) is 2.40. The van der Waals surface area contributed by atoms with Gasteiger partial charge in [-0.1, -0.05) is 24.3 Å². The molecule has 0 saturated carbocycles. The highest BCUT2D eigenvalue weighted by Crippen LogP contribution is 2.19. The molecule has 1 N–H and O–H groups in total. The maximum absolute atomic E-state index is 13.1. The molecule has 1 aromatic heterocycles. The number of hydrogen-bond donors (Lipinski definition) is 1. The third-order valence-electron chi connectivity index (χ3n) is 2.70. The first-order chi connectivity index (χ1) is 8.70. The Morgan fingerprint density at radius 2 is 1.89 bits per heavy atom. The lowest BCUT2D eigenvalue weighted by atomic mass is 10.0. The van der Waals surface area contributed by atoms with Crippen molar-refractivity contribution < 1.29 is 9.18 Å². The SMILES string of the molecule is O=CCCc1ccc(-c2c[nH]c(=O)c(F)c2)cc1. The number of H-pyrrole nitrogens is 1. The Bertz CT molecular complexity index is 602. The van der Waals surface area contributed by atoms with Crippen molar-refractivity contribution in [1.82, 2.24) is 4.98 Å². The molecule has 0 amide bonds. The Balaban J connectivity index is 2.25. The Morgan fingerprint density at radius 3 is 2.50 bits per heavy atom. The maximum atomic E-state index is 13.1. The lowest BCUT2D eigenvalue weighted by Gasteiger charge is -2.03. The highest BCUT2D eigenvalue weighted by molar-refractivity contribution is 5.62. The van der Waals surface area contributed by atoms with E-state index in [1.165, 1.54) is 12.3 Å². The van der Waals surface area contributed by atoms with Gasteiger partial charge in [-0.2, -0.15) is 0 Å². The Labute approximate surface area is 103 Å². The molecule has 4 heteroatoms. The fourth-order valence-electron chi connectivity index (χ4n) is 1.71. The molecular formula is C14H12FNO2. The van der Waals surface area contributed by atoms with Crippen LogP contribution in [0.2, 0.25) is 0 Å². The van der Waals surface area contributed by atoms with Gasteiger partial charge in [0.25, 0.3) is 5.56 Å². The number of aromatic amines is 1. The van der Waals surface area contributed by atoms with E-state index < -0.39 is 11.4 Å². The highest BCUT2D eigenvalue weighted by Gasteiger charge is 2.03. The number of benzene rings is 1. The van der Waals surface area contributed by atoms with E-state index in [-0.39, 0.29) is 0 Å². The summed E-state index contributed by atoms with van der Waals surface area (Å²) in [6.45, 7) is 0. The number of carbonyl (C=O) groups is 1. The molecule has 1 aromatic carbocycles. The van der Waals surface area contributed by atoms with Crippen LogP contribution in [0.15, 0.2) is 41.3 Å². The van der Waals surface area contributed by atoms with Crippen molar-refractivity contribution in [3.63, 3.8) is 0 Å². The lowest BCUT2D eigenvalue weighted by Crippen LogP contribution is -2.09. The smallest absolute Gasteiger partial charge is 0.283 e. The van der Waals surface area contributed by atoms with Crippen molar-refractivity contribution in [2.24, 2.45) is 0 Å². The molecule has 3 nitrogen and oxygen atoms in total. The van der Waals surface area contributed by atoms with Crippen molar-refractivity contribution in [2.45, 2.75) is 12.8 Å². The van der Waals surface area contributed by atoms with Gasteiger partial charge in [0.05, 0.1) is 0 Å². The summed E-state index contributed by atoms with van der Waals surface area (Å²) < 4.78 is 13.1. The van der Waals surface area contributed by atoms with Crippen molar-refractivity contribution in [3.05, 3.63) is 58.3 Å². The summed E-state index contributed by atoms with van der Waals surface area (Å²) in [5, 5.41) is 0. The molecule has 0 aliphatic heterocycles. The van der Waals surface area contributed by atoms with E-state index in [4.69, 9.17) is 0 Å². The van der Waals surface area contributed by atoms with Crippen LogP contribution in [0.3, 0.4) is 0 Å². The fourth-order valence-corrected chi connectivity index (χ4v) is 1.71. The van der Waals surface area contributed by atoms with Crippen LogP contribution in [-0.4, -0.2) is 11.3 Å². The zero-order valence-corrected chi connectivity index (χ0v) is 9.65. The quantitative estimate of drug-likeness (QED) is 0.840. The first kappa shape index (κ1) is 12.2. The number of halogens is 1. The molecular weight excluding hydrogens is 233 g/mol. The summed E-state index contributed by atoms with van der Waals surface area (Å²) in [6, 6.07) is 8.67. The minimum atomic E-state index is -0.794. The van der Waals surface area contributed by atoms with Crippen LogP contribution in [0.4, 0.5) is 4.39 Å². The molecule has 92 valence electrons. The number of aromatic nitrogens is 1. The van der Waals surface area contributed by atoms with E-state index in [1.807, 2.05) is 24.3 Å². The second-order valence-electron chi connectivity index (χ2n) is 3.97. The first-order valence-electron chi connectivity index (χ1n) is 5.62. The van der Waals surface area contributed by atoms with Crippen LogP contribution in [0.5, 0.6) is 0 Å². The Morgan fingerprint density at radius 1 is 1.17 bits per heavy atom. The summed E-state index contributed by atoms with van der Waals surface area (Å²) >= 11 is 0. The van der Waals surface area contributed by atoms with Crippen LogP contribution in [0.1, 0.15) is 12.0 Å². The van der Waals surface area contributed by atoms with E-state index in [9.17, 15) is 14.0 Å². The van der Waals surface area contributed by atoms with E-state index in [0.29, 0.717) is 18.4 Å². The monoisotopic (exact) mass is 245 g/mol. The molecule has 0 atom stereocenters. The molecule has 0 aliphatic rings. The molecule has 1 heterocycles. The number of aldehydes is 1. The van der Waals surface area contributed by atoms with Gasteiger partial charge in [-0.05, 0) is 23.6 Å². The average molecular weight is 245 g/mol. The molecule has 0 saturated heterocycles. The molecule has 2 rings (SSSR count). The third kappa shape index (κ3) is 2.71. The summed E-state index contributed by atoms with van der Waals surface area (Å²) in [6.07, 6.45) is 3.55. The van der Waals surface area contributed by atoms with Crippen molar-refractivity contribution in [3.8, 4) is 11.1 Å². The molecule has 0 unspecified atom stereocenters. The number of hydrogen-bond acceptors (Lipinski definition) is 2. The molecule has 0 spiro atoms. The van der Waals surface area contributed by atoms with Crippen molar-refractivity contribution in [1.29, 1.82) is 0 Å². The number of aryl methyl sites for hydroxylation is 1. The zero-order chi connectivity index (χ0) is 13.0. The second-order valence-corrected chi connectivity index (χ2v) is 3.97. The van der Waals surface area contributed by atoms with Gasteiger partial charge in [0.1, 0.15) is 6.29 Å². The van der Waals surface area contributed by atoms with Crippen LogP contribution < -0.4 is 5.56 Å². The summed E-state index contributed by atoms with van der Waals surface area (Å²) in [5.74, 6) is -0.794. The number of nitrogens with one attached hydrogen (secondary N) is 1. The van der Waals surface area contributed by atoms with Gasteiger partial charge in [0.15, 0.2) is 5.82 Å². The third-order valence-corrected chi connectivity index (χ3v) is 2.70. The number of carbonyl (C=O) groups excluding carboxylic acids is 1. The molecule has 0 bridgehead atoms. The maximum Gasteiger partial charge on any atom is 0.283 e. The first-order valence-corrected chi connectivity index (χ1v) is 5.62. The molecule has 0 fully saturated rings. The summed E-state index contributed by atoms with van der Waals surface area (Å²) in [4.78, 5) is 23.5. The van der Waals surface area contributed by atoms with E-state index in [2.05, 4.69) is 4.98 Å². The largest absolute Gasteiger partial charge is 0.326 e. The van der Waals surface area contributed by atoms with Crippen LogP contribution in [-0.2, 0) is 11.2 Å². The molecule has 0 aliphatic carbocycles. The minimum Gasteiger partial charge on any atom is -0.326 e. The van der Waals surface area contributed by atoms with Gasteiger partial charge in [-0.25, -0.2) is 4.39 Å². The van der Waals surface area contributed by atoms with Crippen LogP contribution in [0.25, 0.3) is 11.1 Å². The van der Waals surface area contributed by atoms with E-state index >= 15 is 0 Å². The van der Waals surface area contributed by atoms with E-state index in [0.717, 1.165) is 17.4 Å². The van der Waals surface area contributed by atoms with Crippen LogP contribution in [0, 0.1) is 5.82 Å². The molecule has 18 heavy (non-hydrogen) atoms. The van der Waals surface area contributed by atoms with E-state index in [1.54, 1.807) is 0 Å². The van der Waals surface area contributed by atoms with Gasteiger partial charge in [0, 0.05) is 18.2 Å². The predicted octanol–water partition coefficient (Wildman–Crippen LogP) is 2.31. The number of pyridine rings is 1. The Hall–Kier alpha value is -2.23. The van der Waals surface area contributed by atoms with Gasteiger partial charge in [-0.3, -0.25) is 4.79 Å². The molecule has 2 aromatic rings. The standard InChI is InChI=1S/C14H12FNO2/c15-13-8-12(9-16-14(13)18)11-5-3-10(4-6-11)2-1-7-17/h3-9H,1-2H2,(H,16,18). The Kier molecular flexibility index (Phi) is 3.67.